The highest BCUT2D eigenvalue weighted by Crippen LogP contribution is 2.18. The molecule has 0 aliphatic rings. The van der Waals surface area contributed by atoms with Gasteiger partial charge in [0.1, 0.15) is 10.3 Å². The molecule has 6 nitrogen and oxygen atoms in total. The van der Waals surface area contributed by atoms with Gasteiger partial charge in [0, 0.05) is 0 Å². The molecule has 1 aromatic rings. The lowest BCUT2D eigenvalue weighted by molar-refractivity contribution is -0.158. The number of pyridine rings is 1. The summed E-state index contributed by atoms with van der Waals surface area (Å²) < 4.78 is 9.37. The molecule has 1 unspecified atom stereocenters. The van der Waals surface area contributed by atoms with E-state index in [9.17, 15) is 14.4 Å². The summed E-state index contributed by atoms with van der Waals surface area (Å²) >= 11 is 11.3. The molecule has 1 rings (SSSR count). The van der Waals surface area contributed by atoms with E-state index in [0.29, 0.717) is 0 Å². The number of halogens is 2. The lowest BCUT2D eigenvalue weighted by Crippen LogP contribution is -2.29. The van der Waals surface area contributed by atoms with E-state index in [1.165, 1.54) is 12.1 Å². The second-order valence-corrected chi connectivity index (χ2v) is 4.64. The second-order valence-electron chi connectivity index (χ2n) is 3.89. The van der Waals surface area contributed by atoms with Gasteiger partial charge in [-0.3, -0.25) is 9.59 Å². The summed E-state index contributed by atoms with van der Waals surface area (Å²) in [4.78, 5) is 38.9. The predicted octanol–water partition coefficient (Wildman–Crippen LogP) is 2.66. The molecule has 0 spiro atoms. The summed E-state index contributed by atoms with van der Waals surface area (Å²) in [6.07, 6.45) is 0.150. The Hall–Kier alpha value is -1.66. The lowest BCUT2D eigenvalue weighted by atomic mass is 10.1. The third kappa shape index (κ3) is 4.68. The molecule has 0 amide bonds. The highest BCUT2D eigenvalue weighted by atomic mass is 35.5. The van der Waals surface area contributed by atoms with Crippen LogP contribution in [0.3, 0.4) is 0 Å². The number of ether oxygens (including phenoxy) is 2. The van der Waals surface area contributed by atoms with Gasteiger partial charge in [0.25, 0.3) is 0 Å². The molecule has 0 aliphatic heterocycles. The van der Waals surface area contributed by atoms with Crippen molar-refractivity contribution in [2.24, 2.45) is 5.92 Å². The molecule has 114 valence electrons. The lowest BCUT2D eigenvalue weighted by Gasteiger charge is -2.12. The van der Waals surface area contributed by atoms with Crippen molar-refractivity contribution in [3.63, 3.8) is 0 Å². The number of rotatable bonds is 5. The minimum Gasteiger partial charge on any atom is -0.465 e. The van der Waals surface area contributed by atoms with Crippen molar-refractivity contribution >= 4 is 41.1 Å². The maximum Gasteiger partial charge on any atom is 0.348 e. The fourth-order valence-electron chi connectivity index (χ4n) is 1.45. The van der Waals surface area contributed by atoms with Crippen molar-refractivity contribution in [1.29, 1.82) is 0 Å². The van der Waals surface area contributed by atoms with Crippen LogP contribution in [0.15, 0.2) is 12.1 Å². The van der Waals surface area contributed by atoms with Crippen LogP contribution in [-0.2, 0) is 19.1 Å². The summed E-state index contributed by atoms with van der Waals surface area (Å²) in [5, 5.41) is -0.0923. The van der Waals surface area contributed by atoms with Gasteiger partial charge in [-0.1, -0.05) is 30.1 Å². The highest BCUT2D eigenvalue weighted by molar-refractivity contribution is 6.34. The zero-order chi connectivity index (χ0) is 16.0. The largest absolute Gasteiger partial charge is 0.465 e. The predicted molar refractivity (Wildman–Crippen MR) is 75.1 cm³/mol. The minimum absolute atomic E-state index is 0.0980. The molecular weight excluding hydrogens is 321 g/mol. The van der Waals surface area contributed by atoms with Crippen LogP contribution in [0, 0.1) is 5.92 Å². The monoisotopic (exact) mass is 333 g/mol. The molecule has 0 saturated carbocycles. The Kier molecular flexibility index (Phi) is 6.58. The summed E-state index contributed by atoms with van der Waals surface area (Å²) in [5.74, 6) is -3.89. The Morgan fingerprint density at radius 3 is 2.38 bits per heavy atom. The van der Waals surface area contributed by atoms with Crippen LogP contribution >= 0.6 is 23.2 Å². The third-order valence-electron chi connectivity index (χ3n) is 2.49. The molecule has 0 N–H and O–H groups in total. The topological polar surface area (TPSA) is 82.6 Å². The van der Waals surface area contributed by atoms with Gasteiger partial charge in [0.2, 0.25) is 0 Å². The van der Waals surface area contributed by atoms with Crippen LogP contribution in [-0.4, -0.2) is 29.5 Å². The molecule has 0 radical (unpaired) electrons. The van der Waals surface area contributed by atoms with E-state index < -0.39 is 23.8 Å². The van der Waals surface area contributed by atoms with Crippen LogP contribution in [0.4, 0.5) is 0 Å². The van der Waals surface area contributed by atoms with E-state index in [1.54, 1.807) is 13.8 Å². The fourth-order valence-corrected chi connectivity index (χ4v) is 1.88. The van der Waals surface area contributed by atoms with Crippen molar-refractivity contribution in [3.05, 3.63) is 28.0 Å². The number of esters is 3. The quantitative estimate of drug-likeness (QED) is 0.468. The molecular formula is C13H13Cl2NO5. The first-order chi connectivity index (χ1) is 9.90. The molecule has 1 atom stereocenters. The van der Waals surface area contributed by atoms with E-state index in [1.807, 2.05) is 0 Å². The third-order valence-corrected chi connectivity index (χ3v) is 2.99. The summed E-state index contributed by atoms with van der Waals surface area (Å²) in [7, 11) is 0. The number of hydrogen-bond acceptors (Lipinski definition) is 6. The minimum atomic E-state index is -1.16. The molecule has 8 heteroatoms. The SMILES string of the molecule is CCOC(=O)C(CC)C(=O)OC(=O)c1ccc(Cl)nc1Cl. The molecule has 0 aliphatic carbocycles. The summed E-state index contributed by atoms with van der Waals surface area (Å²) in [5.41, 5.74) is -0.117. The first kappa shape index (κ1) is 17.4. The maximum atomic E-state index is 11.8. The van der Waals surface area contributed by atoms with E-state index >= 15 is 0 Å². The number of nitrogens with zero attached hydrogens (tertiary/aromatic N) is 1. The summed E-state index contributed by atoms with van der Waals surface area (Å²) in [6, 6.07) is 2.61. The van der Waals surface area contributed by atoms with Gasteiger partial charge in [0.05, 0.1) is 12.2 Å². The van der Waals surface area contributed by atoms with E-state index in [0.717, 1.165) is 0 Å². The molecule has 0 bridgehead atoms. The molecule has 1 heterocycles. The van der Waals surface area contributed by atoms with Crippen molar-refractivity contribution in [1.82, 2.24) is 4.98 Å². The average molecular weight is 334 g/mol. The van der Waals surface area contributed by atoms with Crippen LogP contribution < -0.4 is 0 Å². The van der Waals surface area contributed by atoms with Gasteiger partial charge >= 0.3 is 17.9 Å². The smallest absolute Gasteiger partial charge is 0.348 e. The van der Waals surface area contributed by atoms with E-state index in [-0.39, 0.29) is 28.9 Å². The Morgan fingerprint density at radius 1 is 1.19 bits per heavy atom. The first-order valence-corrected chi connectivity index (χ1v) is 6.91. The zero-order valence-electron chi connectivity index (χ0n) is 11.4. The van der Waals surface area contributed by atoms with Crippen LogP contribution in [0.1, 0.15) is 30.6 Å². The van der Waals surface area contributed by atoms with Crippen LogP contribution in [0.25, 0.3) is 0 Å². The first-order valence-electron chi connectivity index (χ1n) is 6.15. The van der Waals surface area contributed by atoms with E-state index in [2.05, 4.69) is 9.72 Å². The Bertz CT molecular complexity index is 561. The standard InChI is InChI=1S/C13H13Cl2NO5/c1-3-7(11(17)20-4-2)12(18)21-13(19)8-5-6-9(14)16-10(8)15/h5-7H,3-4H2,1-2H3. The van der Waals surface area contributed by atoms with Gasteiger partial charge in [0.15, 0.2) is 5.92 Å². The Morgan fingerprint density at radius 2 is 1.86 bits per heavy atom. The molecule has 0 saturated heterocycles. The van der Waals surface area contributed by atoms with Gasteiger partial charge < -0.3 is 9.47 Å². The summed E-state index contributed by atoms with van der Waals surface area (Å²) in [6.45, 7) is 3.34. The zero-order valence-corrected chi connectivity index (χ0v) is 12.9. The van der Waals surface area contributed by atoms with E-state index in [4.69, 9.17) is 27.9 Å². The average Bonchev–Trinajstić information content (AvgIpc) is 2.39. The van der Waals surface area contributed by atoms with Crippen molar-refractivity contribution < 1.29 is 23.9 Å². The molecule has 21 heavy (non-hydrogen) atoms. The highest BCUT2D eigenvalue weighted by Gasteiger charge is 2.30. The van der Waals surface area contributed by atoms with Gasteiger partial charge in [-0.25, -0.2) is 9.78 Å². The Labute approximate surface area is 131 Å². The second kappa shape index (κ2) is 7.95. The number of carbonyl (C=O) groups excluding carboxylic acids is 3. The Balaban J connectivity index is 2.81. The number of carbonyl (C=O) groups is 3. The number of hydrogen-bond donors (Lipinski definition) is 0. The van der Waals surface area contributed by atoms with Gasteiger partial charge in [-0.15, -0.1) is 0 Å². The van der Waals surface area contributed by atoms with Crippen molar-refractivity contribution in [3.8, 4) is 0 Å². The molecule has 0 aromatic carbocycles. The fraction of sp³-hybridized carbons (Fsp3) is 0.385. The normalized spacial score (nSPS) is 11.6. The molecule has 1 aromatic heterocycles. The number of aromatic nitrogens is 1. The van der Waals surface area contributed by atoms with Crippen molar-refractivity contribution in [2.45, 2.75) is 20.3 Å². The van der Waals surface area contributed by atoms with Crippen molar-refractivity contribution in [2.75, 3.05) is 6.61 Å². The van der Waals surface area contributed by atoms with Gasteiger partial charge in [-0.05, 0) is 25.5 Å². The maximum absolute atomic E-state index is 11.8. The van der Waals surface area contributed by atoms with Gasteiger partial charge in [-0.2, -0.15) is 0 Å². The van der Waals surface area contributed by atoms with Crippen LogP contribution in [0.5, 0.6) is 0 Å². The van der Waals surface area contributed by atoms with Crippen LogP contribution in [0.2, 0.25) is 10.3 Å². The molecule has 0 fully saturated rings.